The lowest BCUT2D eigenvalue weighted by molar-refractivity contribution is 0.0697. The van der Waals surface area contributed by atoms with E-state index in [1.165, 1.54) is 0 Å². The summed E-state index contributed by atoms with van der Waals surface area (Å²) in [6, 6.07) is 19.2. The molecule has 1 aliphatic rings. The van der Waals surface area contributed by atoms with Gasteiger partial charge in [0.15, 0.2) is 0 Å². The molecule has 31 heavy (non-hydrogen) atoms. The number of anilines is 2. The maximum atomic E-state index is 13.3. The van der Waals surface area contributed by atoms with Gasteiger partial charge in [0.05, 0.1) is 5.56 Å². The molecule has 1 fully saturated rings. The van der Waals surface area contributed by atoms with Gasteiger partial charge in [0, 0.05) is 44.1 Å². The first kappa shape index (κ1) is 20.9. The average Bonchev–Trinajstić information content (AvgIpc) is 2.78. The van der Waals surface area contributed by atoms with Crippen LogP contribution in [0.5, 0.6) is 0 Å². The number of carbonyl (C=O) groups excluding carboxylic acids is 2. The Morgan fingerprint density at radius 3 is 2.35 bits per heavy atom. The standard InChI is InChI=1S/C26H29N3O2/c1-18-12-14-29(15-13-18)26(31)23-17-22(10-11-24(23)28(2)3)27-25(30)21-9-8-19-6-4-5-7-20(19)16-21/h4-11,16-18H,12-15H2,1-3H3,(H,27,30). The maximum Gasteiger partial charge on any atom is 0.256 e. The molecule has 0 aliphatic carbocycles. The summed E-state index contributed by atoms with van der Waals surface area (Å²) in [4.78, 5) is 30.0. The van der Waals surface area contributed by atoms with E-state index in [9.17, 15) is 9.59 Å². The average molecular weight is 416 g/mol. The Labute approximate surface area is 183 Å². The molecular formula is C26H29N3O2. The van der Waals surface area contributed by atoms with E-state index in [-0.39, 0.29) is 11.8 Å². The zero-order valence-corrected chi connectivity index (χ0v) is 18.4. The Hall–Kier alpha value is -3.34. The molecule has 3 aromatic rings. The number of nitrogens with one attached hydrogen (secondary N) is 1. The maximum absolute atomic E-state index is 13.3. The first-order chi connectivity index (χ1) is 14.9. The van der Waals surface area contributed by atoms with E-state index >= 15 is 0 Å². The molecule has 5 heteroatoms. The summed E-state index contributed by atoms with van der Waals surface area (Å²) in [5.74, 6) is 0.496. The minimum Gasteiger partial charge on any atom is -0.377 e. The van der Waals surface area contributed by atoms with Crippen LogP contribution in [0.15, 0.2) is 60.7 Å². The third-order valence-electron chi connectivity index (χ3n) is 6.05. The van der Waals surface area contributed by atoms with Crippen LogP contribution in [-0.2, 0) is 0 Å². The largest absolute Gasteiger partial charge is 0.377 e. The van der Waals surface area contributed by atoms with Crippen LogP contribution in [0.25, 0.3) is 10.8 Å². The zero-order valence-electron chi connectivity index (χ0n) is 18.4. The Morgan fingerprint density at radius 1 is 0.935 bits per heavy atom. The number of nitrogens with zero attached hydrogens (tertiary/aromatic N) is 2. The van der Waals surface area contributed by atoms with Crippen molar-refractivity contribution in [1.82, 2.24) is 4.90 Å². The van der Waals surface area contributed by atoms with E-state index in [1.54, 1.807) is 6.07 Å². The number of fused-ring (bicyclic) bond motifs is 1. The van der Waals surface area contributed by atoms with Crippen molar-refractivity contribution in [1.29, 1.82) is 0 Å². The Bertz CT molecular complexity index is 1110. The highest BCUT2D eigenvalue weighted by molar-refractivity contribution is 6.08. The van der Waals surface area contributed by atoms with Gasteiger partial charge in [-0.05, 0) is 59.9 Å². The van der Waals surface area contributed by atoms with Crippen LogP contribution >= 0.6 is 0 Å². The van der Waals surface area contributed by atoms with E-state index in [0.29, 0.717) is 22.7 Å². The van der Waals surface area contributed by atoms with Crippen LogP contribution in [0.1, 0.15) is 40.5 Å². The lowest BCUT2D eigenvalue weighted by Crippen LogP contribution is -2.38. The molecule has 0 spiro atoms. The number of rotatable bonds is 4. The topological polar surface area (TPSA) is 52.7 Å². The van der Waals surface area contributed by atoms with Crippen molar-refractivity contribution in [2.45, 2.75) is 19.8 Å². The van der Waals surface area contributed by atoms with Gasteiger partial charge in [-0.15, -0.1) is 0 Å². The molecule has 0 saturated carbocycles. The Balaban J connectivity index is 1.58. The molecule has 1 heterocycles. The third-order valence-corrected chi connectivity index (χ3v) is 6.05. The van der Waals surface area contributed by atoms with Crippen molar-refractivity contribution in [3.63, 3.8) is 0 Å². The van der Waals surface area contributed by atoms with Gasteiger partial charge in [-0.2, -0.15) is 0 Å². The number of benzene rings is 3. The molecule has 160 valence electrons. The quantitative estimate of drug-likeness (QED) is 0.650. The lowest BCUT2D eigenvalue weighted by Gasteiger charge is -2.31. The van der Waals surface area contributed by atoms with E-state index in [1.807, 2.05) is 78.5 Å². The summed E-state index contributed by atoms with van der Waals surface area (Å²) in [6.07, 6.45) is 2.06. The summed E-state index contributed by atoms with van der Waals surface area (Å²) >= 11 is 0. The van der Waals surface area contributed by atoms with Crippen LogP contribution in [0.4, 0.5) is 11.4 Å². The molecule has 0 atom stereocenters. The van der Waals surface area contributed by atoms with Crippen LogP contribution in [0, 0.1) is 5.92 Å². The molecule has 1 saturated heterocycles. The predicted octanol–water partition coefficient (Wildman–Crippen LogP) is 5.03. The molecule has 4 rings (SSSR count). The summed E-state index contributed by atoms with van der Waals surface area (Å²) in [6.45, 7) is 3.79. The fourth-order valence-corrected chi connectivity index (χ4v) is 4.09. The van der Waals surface area contributed by atoms with Gasteiger partial charge >= 0.3 is 0 Å². The Morgan fingerprint density at radius 2 is 1.65 bits per heavy atom. The normalized spacial score (nSPS) is 14.5. The summed E-state index contributed by atoms with van der Waals surface area (Å²) in [5, 5.41) is 5.08. The molecule has 0 unspecified atom stereocenters. The van der Waals surface area contributed by atoms with Gasteiger partial charge < -0.3 is 15.1 Å². The summed E-state index contributed by atoms with van der Waals surface area (Å²) in [5.41, 5.74) is 2.69. The summed E-state index contributed by atoms with van der Waals surface area (Å²) < 4.78 is 0. The minimum absolute atomic E-state index is 0.0254. The number of hydrogen-bond acceptors (Lipinski definition) is 3. The van der Waals surface area contributed by atoms with E-state index in [2.05, 4.69) is 12.2 Å². The highest BCUT2D eigenvalue weighted by Gasteiger charge is 2.24. The van der Waals surface area contributed by atoms with E-state index in [4.69, 9.17) is 0 Å². The van der Waals surface area contributed by atoms with Crippen molar-refractivity contribution in [3.05, 3.63) is 71.8 Å². The van der Waals surface area contributed by atoms with Gasteiger partial charge in [0.2, 0.25) is 0 Å². The lowest BCUT2D eigenvalue weighted by atomic mass is 9.98. The molecule has 0 radical (unpaired) electrons. The van der Waals surface area contributed by atoms with Crippen molar-refractivity contribution in [3.8, 4) is 0 Å². The second-order valence-corrected chi connectivity index (χ2v) is 8.62. The molecule has 0 aromatic heterocycles. The Kier molecular flexibility index (Phi) is 5.94. The van der Waals surface area contributed by atoms with Crippen LogP contribution in [0.2, 0.25) is 0 Å². The van der Waals surface area contributed by atoms with Gasteiger partial charge in [-0.25, -0.2) is 0 Å². The highest BCUT2D eigenvalue weighted by atomic mass is 16.2. The molecule has 5 nitrogen and oxygen atoms in total. The van der Waals surface area contributed by atoms with E-state index in [0.717, 1.165) is 42.4 Å². The first-order valence-corrected chi connectivity index (χ1v) is 10.8. The van der Waals surface area contributed by atoms with Gasteiger partial charge in [-0.3, -0.25) is 9.59 Å². The minimum atomic E-state index is -0.187. The van der Waals surface area contributed by atoms with Gasteiger partial charge in [-0.1, -0.05) is 37.3 Å². The van der Waals surface area contributed by atoms with Crippen molar-refractivity contribution in [2.75, 3.05) is 37.4 Å². The second kappa shape index (κ2) is 8.80. The molecule has 0 bridgehead atoms. The number of likely N-dealkylation sites (tertiary alicyclic amines) is 1. The SMILES string of the molecule is CC1CCN(C(=O)c2cc(NC(=O)c3ccc4ccccc4c3)ccc2N(C)C)CC1. The highest BCUT2D eigenvalue weighted by Crippen LogP contribution is 2.27. The predicted molar refractivity (Wildman–Crippen MR) is 127 cm³/mol. The summed E-state index contributed by atoms with van der Waals surface area (Å²) in [7, 11) is 3.86. The fraction of sp³-hybridized carbons (Fsp3) is 0.308. The van der Waals surface area contributed by atoms with Crippen molar-refractivity contribution < 1.29 is 9.59 Å². The monoisotopic (exact) mass is 415 g/mol. The number of piperidine rings is 1. The smallest absolute Gasteiger partial charge is 0.256 e. The van der Waals surface area contributed by atoms with Crippen LogP contribution in [0.3, 0.4) is 0 Å². The van der Waals surface area contributed by atoms with Crippen LogP contribution in [-0.4, -0.2) is 43.9 Å². The van der Waals surface area contributed by atoms with Crippen molar-refractivity contribution in [2.24, 2.45) is 5.92 Å². The van der Waals surface area contributed by atoms with Gasteiger partial charge in [0.1, 0.15) is 0 Å². The first-order valence-electron chi connectivity index (χ1n) is 10.8. The fourth-order valence-electron chi connectivity index (χ4n) is 4.09. The zero-order chi connectivity index (χ0) is 22.0. The number of amides is 2. The number of hydrogen-bond donors (Lipinski definition) is 1. The third kappa shape index (κ3) is 4.55. The molecular weight excluding hydrogens is 386 g/mol. The van der Waals surface area contributed by atoms with Crippen molar-refractivity contribution >= 4 is 34.0 Å². The molecule has 2 amide bonds. The van der Waals surface area contributed by atoms with Gasteiger partial charge in [0.25, 0.3) is 11.8 Å². The molecule has 1 N–H and O–H groups in total. The number of carbonyl (C=O) groups is 2. The van der Waals surface area contributed by atoms with E-state index < -0.39 is 0 Å². The molecule has 3 aromatic carbocycles. The second-order valence-electron chi connectivity index (χ2n) is 8.62. The van der Waals surface area contributed by atoms with Crippen LogP contribution < -0.4 is 10.2 Å². The molecule has 1 aliphatic heterocycles.